The molecule has 0 spiro atoms. The number of nitrogens with zero attached hydrogens (tertiary/aromatic N) is 2. The van der Waals surface area contributed by atoms with Gasteiger partial charge in [-0.2, -0.15) is 0 Å². The molecular formula is C5H6N2O3. The minimum absolute atomic E-state index is 0.0989. The summed E-state index contributed by atoms with van der Waals surface area (Å²) in [5.74, 6) is -0.510. The van der Waals surface area contributed by atoms with Gasteiger partial charge in [-0.15, -0.1) is 5.10 Å². The van der Waals surface area contributed by atoms with Gasteiger partial charge in [0, 0.05) is 5.27 Å². The molecule has 0 N–H and O–H groups in total. The summed E-state index contributed by atoms with van der Waals surface area (Å²) < 4.78 is 8.90. The summed E-state index contributed by atoms with van der Waals surface area (Å²) in [6, 6.07) is 0. The van der Waals surface area contributed by atoms with Crippen LogP contribution < -0.4 is 0 Å². The summed E-state index contributed by atoms with van der Waals surface area (Å²) in [5.41, 5.74) is 0.0989. The van der Waals surface area contributed by atoms with E-state index in [-0.39, 0.29) is 5.69 Å². The monoisotopic (exact) mass is 142 g/mol. The molecule has 1 aromatic heterocycles. The Morgan fingerprint density at radius 2 is 2.70 bits per heavy atom. The topological polar surface area (TPSA) is 65.2 Å². The quantitative estimate of drug-likeness (QED) is 0.553. The third-order valence-electron chi connectivity index (χ3n) is 0.845. The molecule has 0 aliphatic heterocycles. The van der Waals surface area contributed by atoms with Crippen LogP contribution in [-0.2, 0) is 4.74 Å². The Morgan fingerprint density at radius 1 is 1.90 bits per heavy atom. The zero-order valence-corrected chi connectivity index (χ0v) is 5.40. The molecular weight excluding hydrogens is 136 g/mol. The fourth-order valence-electron chi connectivity index (χ4n) is 0.459. The Labute approximate surface area is 57.0 Å². The van der Waals surface area contributed by atoms with E-state index < -0.39 is 5.97 Å². The van der Waals surface area contributed by atoms with E-state index in [1.165, 1.54) is 0 Å². The van der Waals surface area contributed by atoms with E-state index in [9.17, 15) is 4.79 Å². The van der Waals surface area contributed by atoms with Gasteiger partial charge < -0.3 is 9.26 Å². The molecule has 5 heteroatoms. The highest BCUT2D eigenvalue weighted by Crippen LogP contribution is 1.93. The molecule has 0 aliphatic rings. The van der Waals surface area contributed by atoms with Gasteiger partial charge in [0.05, 0.1) is 6.61 Å². The average Bonchev–Trinajstić information content (AvgIpc) is 2.38. The molecule has 0 fully saturated rings. The van der Waals surface area contributed by atoms with Crippen LogP contribution in [0, 0.1) is 0 Å². The summed E-state index contributed by atoms with van der Waals surface area (Å²) in [7, 11) is 0. The van der Waals surface area contributed by atoms with Crippen molar-refractivity contribution in [3.63, 3.8) is 0 Å². The smallest absolute Gasteiger partial charge is 0.362 e. The van der Waals surface area contributed by atoms with Crippen molar-refractivity contribution in [2.75, 3.05) is 6.61 Å². The van der Waals surface area contributed by atoms with Crippen molar-refractivity contribution in [3.8, 4) is 0 Å². The first kappa shape index (κ1) is 6.73. The molecule has 0 unspecified atom stereocenters. The number of carbonyl (C=O) groups is 1. The molecule has 0 bridgehead atoms. The molecule has 1 aromatic rings. The summed E-state index contributed by atoms with van der Waals surface area (Å²) in [6.45, 7) is 2.04. The van der Waals surface area contributed by atoms with Crippen LogP contribution in [0.15, 0.2) is 10.8 Å². The number of hydrogen-bond donors (Lipinski definition) is 0. The van der Waals surface area contributed by atoms with Gasteiger partial charge in [-0.1, -0.05) is 0 Å². The first-order valence-corrected chi connectivity index (χ1v) is 2.78. The van der Waals surface area contributed by atoms with Gasteiger partial charge in [-0.3, -0.25) is 0 Å². The van der Waals surface area contributed by atoms with Crippen molar-refractivity contribution in [3.05, 3.63) is 12.0 Å². The fraction of sp³-hybridized carbons (Fsp3) is 0.400. The highest BCUT2D eigenvalue weighted by molar-refractivity contribution is 5.86. The first-order chi connectivity index (χ1) is 4.84. The number of hydrogen-bond acceptors (Lipinski definition) is 5. The second kappa shape index (κ2) is 2.95. The zero-order valence-electron chi connectivity index (χ0n) is 5.40. The van der Waals surface area contributed by atoms with Gasteiger partial charge >= 0.3 is 5.97 Å². The van der Waals surface area contributed by atoms with E-state index in [4.69, 9.17) is 0 Å². The van der Waals surface area contributed by atoms with Crippen LogP contribution in [0.25, 0.3) is 0 Å². The predicted molar refractivity (Wildman–Crippen MR) is 30.3 cm³/mol. The first-order valence-electron chi connectivity index (χ1n) is 2.78. The maximum atomic E-state index is 10.7. The van der Waals surface area contributed by atoms with Crippen LogP contribution in [0.4, 0.5) is 0 Å². The average molecular weight is 142 g/mol. The zero-order chi connectivity index (χ0) is 7.40. The van der Waals surface area contributed by atoms with Crippen LogP contribution in [0.5, 0.6) is 0 Å². The molecule has 0 atom stereocenters. The molecule has 0 radical (unpaired) electrons. The SMILES string of the molecule is CCOC(=O)c1conn1. The Bertz CT molecular complexity index is 207. The Hall–Kier alpha value is -1.39. The minimum Gasteiger partial charge on any atom is -0.461 e. The summed E-state index contributed by atoms with van der Waals surface area (Å²) >= 11 is 0. The van der Waals surface area contributed by atoms with Gasteiger partial charge in [0.1, 0.15) is 0 Å². The standard InChI is InChI=1S/C5H6N2O3/c1-2-9-5(8)4-3-10-7-6-4/h3H,2H2,1H3. The van der Waals surface area contributed by atoms with Crippen molar-refractivity contribution < 1.29 is 14.1 Å². The van der Waals surface area contributed by atoms with Crippen molar-refractivity contribution >= 4 is 5.97 Å². The highest BCUT2D eigenvalue weighted by Gasteiger charge is 2.09. The molecule has 1 heterocycles. The summed E-state index contributed by atoms with van der Waals surface area (Å²) in [4.78, 5) is 10.7. The lowest BCUT2D eigenvalue weighted by Gasteiger charge is -1.93. The van der Waals surface area contributed by atoms with E-state index in [1.54, 1.807) is 6.92 Å². The van der Waals surface area contributed by atoms with Crippen LogP contribution in [0.1, 0.15) is 17.4 Å². The number of aromatic nitrogens is 2. The van der Waals surface area contributed by atoms with Crippen molar-refractivity contribution in [1.82, 2.24) is 10.4 Å². The van der Waals surface area contributed by atoms with Gasteiger partial charge in [-0.25, -0.2) is 4.79 Å². The summed E-state index contributed by atoms with van der Waals surface area (Å²) in [6.07, 6.45) is 1.14. The second-order valence-electron chi connectivity index (χ2n) is 1.51. The van der Waals surface area contributed by atoms with Crippen molar-refractivity contribution in [2.24, 2.45) is 0 Å². The van der Waals surface area contributed by atoms with Crippen LogP contribution >= 0.6 is 0 Å². The van der Waals surface area contributed by atoms with Gasteiger partial charge in [0.2, 0.25) is 5.69 Å². The molecule has 10 heavy (non-hydrogen) atoms. The molecule has 0 aromatic carbocycles. The van der Waals surface area contributed by atoms with E-state index in [0.717, 1.165) is 6.26 Å². The third kappa shape index (κ3) is 1.31. The molecule has 0 amide bonds. The number of carbonyl (C=O) groups excluding carboxylic acids is 1. The largest absolute Gasteiger partial charge is 0.461 e. The van der Waals surface area contributed by atoms with Crippen LogP contribution in [-0.4, -0.2) is 22.9 Å². The predicted octanol–water partition coefficient (Wildman–Crippen LogP) is 0.246. The lowest BCUT2D eigenvalue weighted by molar-refractivity contribution is 0.0519. The number of rotatable bonds is 2. The van der Waals surface area contributed by atoms with Crippen LogP contribution in [0.2, 0.25) is 0 Å². The molecule has 5 nitrogen and oxygen atoms in total. The van der Waals surface area contributed by atoms with E-state index in [0.29, 0.717) is 6.61 Å². The van der Waals surface area contributed by atoms with E-state index in [2.05, 4.69) is 19.6 Å². The Morgan fingerprint density at radius 3 is 3.20 bits per heavy atom. The second-order valence-corrected chi connectivity index (χ2v) is 1.51. The third-order valence-corrected chi connectivity index (χ3v) is 0.845. The van der Waals surface area contributed by atoms with Gasteiger partial charge in [-0.05, 0) is 6.92 Å². The maximum absolute atomic E-state index is 10.7. The highest BCUT2D eigenvalue weighted by atomic mass is 16.5. The fourth-order valence-corrected chi connectivity index (χ4v) is 0.459. The lowest BCUT2D eigenvalue weighted by atomic mass is 10.5. The summed E-state index contributed by atoms with van der Waals surface area (Å²) in [5, 5.41) is 6.44. The molecule has 54 valence electrons. The Balaban J connectivity index is 2.59. The number of ether oxygens (including phenoxy) is 1. The maximum Gasteiger partial charge on any atom is 0.362 e. The molecule has 1 rings (SSSR count). The van der Waals surface area contributed by atoms with E-state index >= 15 is 0 Å². The molecule has 0 saturated carbocycles. The van der Waals surface area contributed by atoms with Crippen molar-refractivity contribution in [2.45, 2.75) is 6.92 Å². The normalized spacial score (nSPS) is 9.30. The molecule has 0 saturated heterocycles. The molecule has 0 aliphatic carbocycles. The van der Waals surface area contributed by atoms with Crippen molar-refractivity contribution in [1.29, 1.82) is 0 Å². The Kier molecular flexibility index (Phi) is 1.99. The lowest BCUT2D eigenvalue weighted by Crippen LogP contribution is -2.04. The van der Waals surface area contributed by atoms with E-state index in [1.807, 2.05) is 0 Å². The van der Waals surface area contributed by atoms with Crippen LogP contribution in [0.3, 0.4) is 0 Å². The number of esters is 1. The van der Waals surface area contributed by atoms with Gasteiger partial charge in [0.25, 0.3) is 0 Å². The minimum atomic E-state index is -0.510. The van der Waals surface area contributed by atoms with Gasteiger partial charge in [0.15, 0.2) is 6.26 Å².